The first-order valence-corrected chi connectivity index (χ1v) is 6.83. The van der Waals surface area contributed by atoms with Gasteiger partial charge < -0.3 is 11.1 Å². The van der Waals surface area contributed by atoms with Gasteiger partial charge in [-0.3, -0.25) is 14.9 Å². The molecule has 2 aromatic rings. The molecule has 110 valence electrons. The second-order valence-corrected chi connectivity index (χ2v) is 5.65. The maximum atomic E-state index is 12.2. The molecule has 0 saturated heterocycles. The largest absolute Gasteiger partial charge is 0.384 e. The van der Waals surface area contributed by atoms with Gasteiger partial charge >= 0.3 is 0 Å². The first kappa shape index (κ1) is 14.9. The molecule has 0 bridgehead atoms. The van der Waals surface area contributed by atoms with E-state index in [0.717, 1.165) is 16.1 Å². The molecule has 9 heteroatoms. The summed E-state index contributed by atoms with van der Waals surface area (Å²) in [7, 11) is 0. The predicted octanol–water partition coefficient (Wildman–Crippen LogP) is 1.83. The fourth-order valence-electron chi connectivity index (χ4n) is 1.70. The van der Waals surface area contributed by atoms with Crippen molar-refractivity contribution in [3.8, 4) is 0 Å². The predicted molar refractivity (Wildman–Crippen MR) is 78.0 cm³/mol. The number of carbonyl (C=O) groups is 1. The van der Waals surface area contributed by atoms with Crippen LogP contribution in [0.15, 0.2) is 18.5 Å². The Morgan fingerprint density at radius 1 is 1.48 bits per heavy atom. The molecule has 0 aliphatic rings. The highest BCUT2D eigenvalue weighted by atomic mass is 32.1. The summed E-state index contributed by atoms with van der Waals surface area (Å²) >= 11 is 1.45. The molecule has 1 unspecified atom stereocenters. The molecule has 1 atom stereocenters. The van der Waals surface area contributed by atoms with Gasteiger partial charge in [0.1, 0.15) is 22.6 Å². The summed E-state index contributed by atoms with van der Waals surface area (Å²) in [6, 6.07) is 0.831. The summed E-state index contributed by atoms with van der Waals surface area (Å²) in [4.78, 5) is 31.3. The molecule has 0 saturated carbocycles. The number of nitrogens with two attached hydrogens (primary N) is 1. The van der Waals surface area contributed by atoms with E-state index in [9.17, 15) is 14.9 Å². The first-order chi connectivity index (χ1) is 9.88. The molecule has 2 rings (SSSR count). The molecular weight excluding hydrogens is 294 g/mol. The van der Waals surface area contributed by atoms with E-state index in [1.807, 2.05) is 6.92 Å². The Labute approximate surface area is 124 Å². The number of thiazole rings is 1. The Morgan fingerprint density at radius 2 is 2.19 bits per heavy atom. The van der Waals surface area contributed by atoms with Crippen molar-refractivity contribution < 1.29 is 9.72 Å². The third kappa shape index (κ3) is 3.31. The van der Waals surface area contributed by atoms with Gasteiger partial charge in [0, 0.05) is 11.1 Å². The van der Waals surface area contributed by atoms with Crippen molar-refractivity contribution in [2.45, 2.75) is 19.9 Å². The number of anilines is 1. The van der Waals surface area contributed by atoms with E-state index in [1.165, 1.54) is 17.4 Å². The molecule has 8 nitrogen and oxygen atoms in total. The lowest BCUT2D eigenvalue weighted by molar-refractivity contribution is -0.385. The van der Waals surface area contributed by atoms with Crippen LogP contribution in [0.1, 0.15) is 33.2 Å². The Bertz CT molecular complexity index is 700. The summed E-state index contributed by atoms with van der Waals surface area (Å²) in [6.07, 6.45) is 2.68. The monoisotopic (exact) mass is 307 g/mol. The van der Waals surface area contributed by atoms with Crippen LogP contribution in [-0.2, 0) is 0 Å². The molecule has 0 aliphatic carbocycles. The van der Waals surface area contributed by atoms with Gasteiger partial charge in [-0.1, -0.05) is 0 Å². The Morgan fingerprint density at radius 3 is 2.76 bits per heavy atom. The highest BCUT2D eigenvalue weighted by Crippen LogP contribution is 2.22. The summed E-state index contributed by atoms with van der Waals surface area (Å²) in [5, 5.41) is 14.3. The van der Waals surface area contributed by atoms with E-state index >= 15 is 0 Å². The van der Waals surface area contributed by atoms with Crippen molar-refractivity contribution in [3.63, 3.8) is 0 Å². The van der Waals surface area contributed by atoms with Crippen LogP contribution in [0.5, 0.6) is 0 Å². The molecule has 2 aromatic heterocycles. The summed E-state index contributed by atoms with van der Waals surface area (Å²) in [6.45, 7) is 3.66. The molecule has 0 spiro atoms. The molecule has 21 heavy (non-hydrogen) atoms. The van der Waals surface area contributed by atoms with Crippen LogP contribution in [0.4, 0.5) is 11.5 Å². The van der Waals surface area contributed by atoms with Gasteiger partial charge in [0.05, 0.1) is 11.0 Å². The fourth-order valence-corrected chi connectivity index (χ4v) is 2.48. The quantitative estimate of drug-likeness (QED) is 0.656. The number of nitro groups is 1. The highest BCUT2D eigenvalue weighted by molar-refractivity contribution is 7.11. The average Bonchev–Trinajstić information content (AvgIpc) is 2.85. The van der Waals surface area contributed by atoms with Crippen LogP contribution in [0.25, 0.3) is 0 Å². The molecule has 0 fully saturated rings. The van der Waals surface area contributed by atoms with Crippen molar-refractivity contribution in [1.29, 1.82) is 0 Å². The number of rotatable bonds is 4. The molecule has 0 aliphatic heterocycles. The molecular formula is C12H13N5O3S. The van der Waals surface area contributed by atoms with E-state index in [-0.39, 0.29) is 23.1 Å². The van der Waals surface area contributed by atoms with Crippen LogP contribution in [0.2, 0.25) is 0 Å². The second-order valence-electron chi connectivity index (χ2n) is 4.39. The molecule has 0 radical (unpaired) electrons. The molecule has 1 amide bonds. The third-order valence-electron chi connectivity index (χ3n) is 2.70. The van der Waals surface area contributed by atoms with E-state index in [2.05, 4.69) is 15.3 Å². The zero-order chi connectivity index (χ0) is 15.6. The molecule has 3 N–H and O–H groups in total. The number of aryl methyl sites for hydroxylation is 1. The van der Waals surface area contributed by atoms with Crippen molar-refractivity contribution in [3.05, 3.63) is 44.0 Å². The summed E-state index contributed by atoms with van der Waals surface area (Å²) in [5.74, 6) is -0.542. The van der Waals surface area contributed by atoms with Gasteiger partial charge in [-0.2, -0.15) is 0 Å². The van der Waals surface area contributed by atoms with Gasteiger partial charge in [-0.05, 0) is 19.9 Å². The number of hydrogen-bond donors (Lipinski definition) is 2. The number of pyridine rings is 1. The number of aromatic nitrogens is 2. The fraction of sp³-hybridized carbons (Fsp3) is 0.250. The Hall–Kier alpha value is -2.55. The third-order valence-corrected chi connectivity index (χ3v) is 3.80. The number of hydrogen-bond acceptors (Lipinski definition) is 7. The van der Waals surface area contributed by atoms with Crippen molar-refractivity contribution in [1.82, 2.24) is 15.3 Å². The molecule has 0 aromatic carbocycles. The maximum Gasteiger partial charge on any atom is 0.300 e. The zero-order valence-electron chi connectivity index (χ0n) is 11.4. The SMILES string of the molecule is Cc1cnc(C(C)NC(=O)c2cc(N)ncc2[N+](=O)[O-])s1. The van der Waals surface area contributed by atoms with Crippen molar-refractivity contribution in [2.75, 3.05) is 5.73 Å². The zero-order valence-corrected chi connectivity index (χ0v) is 12.2. The number of amides is 1. The van der Waals surface area contributed by atoms with Gasteiger partial charge in [-0.25, -0.2) is 9.97 Å². The van der Waals surface area contributed by atoms with Crippen molar-refractivity contribution in [2.24, 2.45) is 0 Å². The van der Waals surface area contributed by atoms with Crippen LogP contribution >= 0.6 is 11.3 Å². The standard InChI is InChI=1S/C12H13N5O3S/c1-6-4-15-12(21-6)7(2)16-11(18)8-3-10(13)14-5-9(8)17(19)20/h3-5,7H,1-2H3,(H2,13,14)(H,16,18). The minimum atomic E-state index is -0.667. The van der Waals surface area contributed by atoms with E-state index in [0.29, 0.717) is 0 Å². The second kappa shape index (κ2) is 5.83. The van der Waals surface area contributed by atoms with Gasteiger partial charge in [0.15, 0.2) is 0 Å². The number of nitrogens with one attached hydrogen (secondary N) is 1. The van der Waals surface area contributed by atoms with E-state index < -0.39 is 10.8 Å². The normalized spacial score (nSPS) is 11.9. The smallest absolute Gasteiger partial charge is 0.300 e. The average molecular weight is 307 g/mol. The first-order valence-electron chi connectivity index (χ1n) is 6.01. The van der Waals surface area contributed by atoms with Crippen LogP contribution < -0.4 is 11.1 Å². The maximum absolute atomic E-state index is 12.2. The lowest BCUT2D eigenvalue weighted by atomic mass is 10.2. The lowest BCUT2D eigenvalue weighted by Crippen LogP contribution is -2.27. The highest BCUT2D eigenvalue weighted by Gasteiger charge is 2.23. The minimum Gasteiger partial charge on any atom is -0.384 e. The summed E-state index contributed by atoms with van der Waals surface area (Å²) in [5.41, 5.74) is 4.98. The van der Waals surface area contributed by atoms with E-state index in [1.54, 1.807) is 13.1 Å². The number of nitrogen functional groups attached to an aromatic ring is 1. The van der Waals surface area contributed by atoms with E-state index in [4.69, 9.17) is 5.73 Å². The van der Waals surface area contributed by atoms with Gasteiger partial charge in [-0.15, -0.1) is 11.3 Å². The number of nitrogens with zero attached hydrogens (tertiary/aromatic N) is 3. The topological polar surface area (TPSA) is 124 Å². The van der Waals surface area contributed by atoms with Crippen LogP contribution in [0, 0.1) is 17.0 Å². The van der Waals surface area contributed by atoms with Gasteiger partial charge in [0.2, 0.25) is 0 Å². The summed E-state index contributed by atoms with van der Waals surface area (Å²) < 4.78 is 0. The van der Waals surface area contributed by atoms with Crippen molar-refractivity contribution >= 4 is 28.7 Å². The minimum absolute atomic E-state index is 0.0449. The molecule has 2 heterocycles. The number of carbonyl (C=O) groups excluding carboxylic acids is 1. The van der Waals surface area contributed by atoms with Crippen LogP contribution in [0.3, 0.4) is 0 Å². The Kier molecular flexibility index (Phi) is 4.13. The lowest BCUT2D eigenvalue weighted by Gasteiger charge is -2.11. The van der Waals surface area contributed by atoms with Crippen LogP contribution in [-0.4, -0.2) is 20.8 Å². The Balaban J connectivity index is 2.24. The van der Waals surface area contributed by atoms with Gasteiger partial charge in [0.25, 0.3) is 11.6 Å².